The monoisotopic (exact) mass is 296 g/mol. The molecule has 2 N–H and O–H groups in total. The topological polar surface area (TPSA) is 87.1 Å². The zero-order chi connectivity index (χ0) is 15.5. The number of rotatable bonds is 4. The fourth-order valence-corrected chi connectivity index (χ4v) is 2.14. The number of aromatic nitrogens is 3. The van der Waals surface area contributed by atoms with Crippen LogP contribution in [0, 0.1) is 0 Å². The van der Waals surface area contributed by atoms with Crippen LogP contribution in [0.5, 0.6) is 5.88 Å². The Morgan fingerprint density at radius 1 is 1.14 bits per heavy atom. The molecule has 0 radical (unpaired) electrons. The van der Waals surface area contributed by atoms with Gasteiger partial charge >= 0.3 is 0 Å². The third-order valence-electron chi connectivity index (χ3n) is 2.96. The number of nitrogen functional groups attached to an aromatic ring is 1. The van der Waals surface area contributed by atoms with Crippen molar-refractivity contribution in [2.24, 2.45) is 0 Å². The highest BCUT2D eigenvalue weighted by Crippen LogP contribution is 2.37. The Kier molecular flexibility index (Phi) is 3.74. The van der Waals surface area contributed by atoms with E-state index in [1.165, 1.54) is 0 Å². The quantitative estimate of drug-likeness (QED) is 0.795. The lowest BCUT2D eigenvalue weighted by atomic mass is 10.0. The number of anilines is 1. The summed E-state index contributed by atoms with van der Waals surface area (Å²) in [6.45, 7) is 3.86. The molecule has 3 aromatic rings. The molecule has 0 saturated carbocycles. The van der Waals surface area contributed by atoms with Gasteiger partial charge in [0.15, 0.2) is 5.76 Å². The third kappa shape index (κ3) is 2.76. The Morgan fingerprint density at radius 3 is 2.55 bits per heavy atom. The number of hydrogen-bond acceptors (Lipinski definition) is 6. The number of furan rings is 1. The summed E-state index contributed by atoms with van der Waals surface area (Å²) in [6.07, 6.45) is 4.96. The first-order valence-corrected chi connectivity index (χ1v) is 6.93. The van der Waals surface area contributed by atoms with Crippen molar-refractivity contribution in [3.05, 3.63) is 42.9 Å². The highest BCUT2D eigenvalue weighted by molar-refractivity contribution is 5.82. The fraction of sp³-hybridized carbons (Fsp3) is 0.188. The molecule has 22 heavy (non-hydrogen) atoms. The van der Waals surface area contributed by atoms with E-state index in [9.17, 15) is 0 Å². The number of hydrogen-bond donors (Lipinski definition) is 1. The zero-order valence-corrected chi connectivity index (χ0v) is 12.4. The Morgan fingerprint density at radius 2 is 1.91 bits per heavy atom. The molecule has 3 rings (SSSR count). The normalized spacial score (nSPS) is 10.9. The lowest BCUT2D eigenvalue weighted by Crippen LogP contribution is -2.11. The summed E-state index contributed by atoms with van der Waals surface area (Å²) in [6, 6.07) is 7.36. The van der Waals surface area contributed by atoms with Gasteiger partial charge in [0.2, 0.25) is 11.8 Å². The molecule has 0 unspecified atom stereocenters. The lowest BCUT2D eigenvalue weighted by Gasteiger charge is -2.16. The van der Waals surface area contributed by atoms with Crippen LogP contribution in [-0.4, -0.2) is 21.1 Å². The van der Waals surface area contributed by atoms with E-state index >= 15 is 0 Å². The minimum Gasteiger partial charge on any atom is -0.474 e. The molecule has 3 heterocycles. The maximum atomic E-state index is 5.83. The van der Waals surface area contributed by atoms with Gasteiger partial charge in [-0.25, -0.2) is 4.98 Å². The molecular formula is C16H16N4O2. The van der Waals surface area contributed by atoms with E-state index < -0.39 is 0 Å². The van der Waals surface area contributed by atoms with Crippen LogP contribution in [0.3, 0.4) is 0 Å². The smallest absolute Gasteiger partial charge is 0.227 e. The summed E-state index contributed by atoms with van der Waals surface area (Å²) in [4.78, 5) is 12.6. The standard InChI is InChI=1S/C16H16N4O2/c1-10(2)22-15-13(11-5-7-18-8-6-11)14(19-16(17)20-15)12-4-3-9-21-12/h3-10H,1-2H3,(H2,17,19,20). The van der Waals surface area contributed by atoms with Gasteiger partial charge in [0, 0.05) is 12.4 Å². The van der Waals surface area contributed by atoms with Gasteiger partial charge in [0.25, 0.3) is 0 Å². The highest BCUT2D eigenvalue weighted by atomic mass is 16.5. The van der Waals surface area contributed by atoms with Gasteiger partial charge in [-0.05, 0) is 43.7 Å². The van der Waals surface area contributed by atoms with Crippen LogP contribution < -0.4 is 10.5 Å². The number of pyridine rings is 1. The van der Waals surface area contributed by atoms with Crippen molar-refractivity contribution in [3.8, 4) is 28.5 Å². The largest absolute Gasteiger partial charge is 0.474 e. The summed E-state index contributed by atoms with van der Waals surface area (Å²) in [5.41, 5.74) is 8.05. The van der Waals surface area contributed by atoms with E-state index in [0.717, 1.165) is 11.1 Å². The van der Waals surface area contributed by atoms with Crippen LogP contribution in [0.4, 0.5) is 5.95 Å². The lowest BCUT2D eigenvalue weighted by molar-refractivity contribution is 0.234. The van der Waals surface area contributed by atoms with E-state index in [1.54, 1.807) is 24.7 Å². The molecular weight excluding hydrogens is 280 g/mol. The van der Waals surface area contributed by atoms with Gasteiger partial charge in [0.05, 0.1) is 17.9 Å². The van der Waals surface area contributed by atoms with Crippen LogP contribution in [0.25, 0.3) is 22.6 Å². The van der Waals surface area contributed by atoms with E-state index in [1.807, 2.05) is 32.0 Å². The predicted octanol–water partition coefficient (Wildman–Crippen LogP) is 3.17. The van der Waals surface area contributed by atoms with Gasteiger partial charge in [0.1, 0.15) is 5.69 Å². The summed E-state index contributed by atoms with van der Waals surface area (Å²) in [5.74, 6) is 1.18. The van der Waals surface area contributed by atoms with Crippen LogP contribution >= 0.6 is 0 Å². The predicted molar refractivity (Wildman–Crippen MR) is 83.1 cm³/mol. The van der Waals surface area contributed by atoms with Gasteiger partial charge in [-0.3, -0.25) is 4.98 Å². The molecule has 0 atom stereocenters. The summed E-state index contributed by atoms with van der Waals surface area (Å²) in [5, 5.41) is 0. The maximum absolute atomic E-state index is 5.83. The molecule has 0 saturated heterocycles. The van der Waals surface area contributed by atoms with Crippen molar-refractivity contribution in [1.29, 1.82) is 0 Å². The molecule has 3 aromatic heterocycles. The molecule has 0 amide bonds. The minimum absolute atomic E-state index is 0.0423. The fourth-order valence-electron chi connectivity index (χ4n) is 2.14. The second kappa shape index (κ2) is 5.85. The molecule has 0 aromatic carbocycles. The number of nitrogens with two attached hydrogens (primary N) is 1. The number of nitrogens with zero attached hydrogens (tertiary/aromatic N) is 3. The second-order valence-corrected chi connectivity index (χ2v) is 4.99. The molecule has 0 bridgehead atoms. The van der Waals surface area contributed by atoms with Gasteiger partial charge < -0.3 is 14.9 Å². The van der Waals surface area contributed by atoms with Gasteiger partial charge in [-0.15, -0.1) is 0 Å². The first-order valence-electron chi connectivity index (χ1n) is 6.93. The minimum atomic E-state index is -0.0423. The van der Waals surface area contributed by atoms with E-state index in [0.29, 0.717) is 17.3 Å². The Bertz CT molecular complexity index is 755. The zero-order valence-electron chi connectivity index (χ0n) is 12.4. The summed E-state index contributed by atoms with van der Waals surface area (Å²) in [7, 11) is 0. The van der Waals surface area contributed by atoms with E-state index in [4.69, 9.17) is 14.9 Å². The highest BCUT2D eigenvalue weighted by Gasteiger charge is 2.20. The third-order valence-corrected chi connectivity index (χ3v) is 2.96. The SMILES string of the molecule is CC(C)Oc1nc(N)nc(-c2ccco2)c1-c1ccncc1. The van der Waals surface area contributed by atoms with Crippen molar-refractivity contribution >= 4 is 5.95 Å². The van der Waals surface area contributed by atoms with Crippen LogP contribution in [-0.2, 0) is 0 Å². The van der Waals surface area contributed by atoms with Crippen LogP contribution in [0.1, 0.15) is 13.8 Å². The molecule has 6 nitrogen and oxygen atoms in total. The molecule has 112 valence electrons. The molecule has 0 aliphatic rings. The van der Waals surface area contributed by atoms with Crippen molar-refractivity contribution in [3.63, 3.8) is 0 Å². The average Bonchev–Trinajstić information content (AvgIpc) is 3.01. The average molecular weight is 296 g/mol. The summed E-state index contributed by atoms with van der Waals surface area (Å²) >= 11 is 0. The first kappa shape index (κ1) is 14.1. The molecule has 6 heteroatoms. The van der Waals surface area contributed by atoms with Crippen molar-refractivity contribution in [2.75, 3.05) is 5.73 Å². The Labute approximate surface area is 128 Å². The molecule has 0 aliphatic carbocycles. The number of ether oxygens (including phenoxy) is 1. The molecule has 0 spiro atoms. The van der Waals surface area contributed by atoms with Gasteiger partial charge in [-0.1, -0.05) is 0 Å². The van der Waals surface area contributed by atoms with Crippen molar-refractivity contribution in [1.82, 2.24) is 15.0 Å². The van der Waals surface area contributed by atoms with Crippen LogP contribution in [0.15, 0.2) is 47.3 Å². The van der Waals surface area contributed by atoms with Gasteiger partial charge in [-0.2, -0.15) is 4.98 Å². The van der Waals surface area contributed by atoms with Crippen molar-refractivity contribution < 1.29 is 9.15 Å². The Hall–Kier alpha value is -2.89. The molecule has 0 fully saturated rings. The van der Waals surface area contributed by atoms with Crippen molar-refractivity contribution in [2.45, 2.75) is 20.0 Å². The maximum Gasteiger partial charge on any atom is 0.227 e. The Balaban J connectivity index is 2.26. The van der Waals surface area contributed by atoms with Crippen LogP contribution in [0.2, 0.25) is 0 Å². The molecule has 0 aliphatic heterocycles. The summed E-state index contributed by atoms with van der Waals surface area (Å²) < 4.78 is 11.3. The first-order chi connectivity index (χ1) is 10.6. The van der Waals surface area contributed by atoms with E-state index in [-0.39, 0.29) is 12.1 Å². The van der Waals surface area contributed by atoms with E-state index in [2.05, 4.69) is 15.0 Å². The second-order valence-electron chi connectivity index (χ2n) is 4.99.